The number of hydrogen-bond acceptors (Lipinski definition) is 9. The van der Waals surface area contributed by atoms with Gasteiger partial charge in [0.25, 0.3) is 5.91 Å². The van der Waals surface area contributed by atoms with Crippen LogP contribution in [0.25, 0.3) is 16.9 Å². The van der Waals surface area contributed by atoms with Crippen molar-refractivity contribution in [3.05, 3.63) is 65.9 Å². The van der Waals surface area contributed by atoms with Crippen LogP contribution in [-0.4, -0.2) is 63.3 Å². The molecular formula is C28H32FN11O2. The number of hydrogen-bond donors (Lipinski definition) is 3. The molecule has 3 N–H and O–H groups in total. The van der Waals surface area contributed by atoms with Crippen molar-refractivity contribution in [2.75, 3.05) is 12.4 Å². The van der Waals surface area contributed by atoms with E-state index in [-0.39, 0.29) is 23.5 Å². The van der Waals surface area contributed by atoms with Gasteiger partial charge in [-0.1, -0.05) is 6.07 Å². The number of rotatable bonds is 8. The van der Waals surface area contributed by atoms with Gasteiger partial charge in [0.1, 0.15) is 17.2 Å². The molecule has 0 unspecified atom stereocenters. The van der Waals surface area contributed by atoms with Crippen molar-refractivity contribution in [3.8, 4) is 5.82 Å². The summed E-state index contributed by atoms with van der Waals surface area (Å²) >= 11 is 0. The van der Waals surface area contributed by atoms with E-state index < -0.39 is 18.4 Å². The molecule has 1 fully saturated rings. The number of anilines is 2. The van der Waals surface area contributed by atoms with Gasteiger partial charge in [-0.15, -0.1) is 0 Å². The molecule has 1 amide bonds. The third kappa shape index (κ3) is 5.20. The molecule has 5 aromatic heterocycles. The SMILES string of the molecule is [2H]C([2H])([2H])n1ncc2c(Nc3cc(C)[nH]n3)nc(C3CCC(OC)(C(=O)N[C@@H](C)c4ccc(-n5cc(F)cn5)nc4)CC3)nc21. The molecule has 1 aliphatic rings. The molecule has 218 valence electrons. The predicted molar refractivity (Wildman–Crippen MR) is 152 cm³/mol. The summed E-state index contributed by atoms with van der Waals surface area (Å²) in [4.78, 5) is 27.4. The average Bonchev–Trinajstić information content (AvgIpc) is 3.76. The first-order valence-electron chi connectivity index (χ1n) is 15.0. The fraction of sp³-hybridized carbons (Fsp3) is 0.393. The van der Waals surface area contributed by atoms with Crippen LogP contribution in [0.3, 0.4) is 0 Å². The number of aromatic nitrogens is 9. The average molecular weight is 577 g/mol. The van der Waals surface area contributed by atoms with Gasteiger partial charge in [0.05, 0.1) is 30.0 Å². The molecule has 42 heavy (non-hydrogen) atoms. The maximum absolute atomic E-state index is 13.6. The third-order valence-electron chi connectivity index (χ3n) is 7.77. The first-order valence-corrected chi connectivity index (χ1v) is 13.5. The standard InChI is InChI=1S/C28H32FN11O2/c1-16-11-22(38-37-16)34-25-21-14-31-39(3)26(21)36-24(35-25)18-7-9-28(42-4,10-8-18)27(41)33-17(2)19-5-6-23(30-12-19)40-15-20(29)13-32-40/h5-6,11-15,17-18H,7-10H2,1-4H3,(H,33,41)(H2,34,35,36,37,38)/t17-,18?,28?/m0/s1/i3D3. The molecule has 0 radical (unpaired) electrons. The van der Waals surface area contributed by atoms with E-state index in [1.54, 1.807) is 24.4 Å². The number of carbonyl (C=O) groups excluding carboxylic acids is 1. The van der Waals surface area contributed by atoms with Crippen molar-refractivity contribution >= 4 is 28.6 Å². The van der Waals surface area contributed by atoms with Crippen molar-refractivity contribution < 1.29 is 18.0 Å². The minimum Gasteiger partial charge on any atom is -0.368 e. The van der Waals surface area contributed by atoms with E-state index in [2.05, 4.69) is 41.0 Å². The molecule has 6 rings (SSSR count). The van der Waals surface area contributed by atoms with Gasteiger partial charge in [0.2, 0.25) is 0 Å². The molecule has 0 saturated heterocycles. The van der Waals surface area contributed by atoms with Gasteiger partial charge < -0.3 is 15.4 Å². The number of ether oxygens (including phenoxy) is 1. The summed E-state index contributed by atoms with van der Waals surface area (Å²) in [7, 11) is 1.52. The lowest BCUT2D eigenvalue weighted by molar-refractivity contribution is -0.148. The topological polar surface area (TPSA) is 153 Å². The number of aryl methyl sites for hydroxylation is 2. The molecule has 1 saturated carbocycles. The number of pyridine rings is 1. The number of carbonyl (C=O) groups is 1. The summed E-state index contributed by atoms with van der Waals surface area (Å²) in [6.45, 7) is 1.18. The smallest absolute Gasteiger partial charge is 0.252 e. The molecule has 0 aromatic carbocycles. The Morgan fingerprint density at radius 2 is 2.07 bits per heavy atom. The molecule has 13 nitrogen and oxygen atoms in total. The first-order chi connectivity index (χ1) is 21.5. The van der Waals surface area contributed by atoms with Crippen molar-refractivity contribution in [3.63, 3.8) is 0 Å². The van der Waals surface area contributed by atoms with Crippen LogP contribution in [0.1, 0.15) is 65.8 Å². The van der Waals surface area contributed by atoms with E-state index >= 15 is 0 Å². The Morgan fingerprint density at radius 1 is 1.24 bits per heavy atom. The second kappa shape index (κ2) is 10.9. The van der Waals surface area contributed by atoms with Gasteiger partial charge in [-0.05, 0) is 51.2 Å². The summed E-state index contributed by atoms with van der Waals surface area (Å²) in [6.07, 6.45) is 7.23. The van der Waals surface area contributed by atoms with E-state index in [1.807, 2.05) is 13.8 Å². The molecule has 5 aromatic rings. The Labute approximate surface area is 245 Å². The van der Waals surface area contributed by atoms with Gasteiger partial charge in [0, 0.05) is 42.1 Å². The Kier molecular flexibility index (Phi) is 6.23. The van der Waals surface area contributed by atoms with Crippen LogP contribution >= 0.6 is 0 Å². The molecule has 5 heterocycles. The number of nitrogens with zero attached hydrogens (tertiary/aromatic N) is 8. The minimum atomic E-state index is -2.53. The highest BCUT2D eigenvalue weighted by molar-refractivity contribution is 5.88. The van der Waals surface area contributed by atoms with Crippen LogP contribution in [0.15, 0.2) is 43.0 Å². The predicted octanol–water partition coefficient (Wildman–Crippen LogP) is 3.78. The molecule has 0 spiro atoms. The number of amides is 1. The fourth-order valence-corrected chi connectivity index (χ4v) is 5.30. The van der Waals surface area contributed by atoms with Gasteiger partial charge in [-0.25, -0.2) is 24.0 Å². The second-order valence-electron chi connectivity index (χ2n) is 10.5. The third-order valence-corrected chi connectivity index (χ3v) is 7.77. The number of nitrogens with one attached hydrogen (secondary N) is 3. The number of halogens is 1. The molecule has 0 bridgehead atoms. The maximum atomic E-state index is 13.6. The van der Waals surface area contributed by atoms with E-state index in [0.29, 0.717) is 54.3 Å². The Bertz CT molecular complexity index is 1830. The van der Waals surface area contributed by atoms with Gasteiger partial charge >= 0.3 is 0 Å². The van der Waals surface area contributed by atoms with E-state index in [1.165, 1.54) is 24.2 Å². The van der Waals surface area contributed by atoms with Crippen LogP contribution in [0.2, 0.25) is 0 Å². The minimum absolute atomic E-state index is 0.159. The number of fused-ring (bicyclic) bond motifs is 1. The summed E-state index contributed by atoms with van der Waals surface area (Å²) in [5, 5.41) is 21.7. The highest BCUT2D eigenvalue weighted by Crippen LogP contribution is 2.40. The maximum Gasteiger partial charge on any atom is 0.252 e. The zero-order valence-electron chi connectivity index (χ0n) is 26.3. The number of H-pyrrole nitrogens is 1. The normalized spacial score (nSPS) is 21.0. The van der Waals surface area contributed by atoms with Crippen LogP contribution in [0, 0.1) is 12.7 Å². The molecule has 1 aliphatic carbocycles. The molecule has 1 atom stereocenters. The monoisotopic (exact) mass is 576 g/mol. The summed E-state index contributed by atoms with van der Waals surface area (Å²) in [5.41, 5.74) is 0.723. The van der Waals surface area contributed by atoms with Crippen LogP contribution in [0.4, 0.5) is 16.0 Å². The van der Waals surface area contributed by atoms with Crippen LogP contribution in [0.5, 0.6) is 0 Å². The fourth-order valence-electron chi connectivity index (χ4n) is 5.30. The summed E-state index contributed by atoms with van der Waals surface area (Å²) in [5.74, 6) is 0.947. The largest absolute Gasteiger partial charge is 0.368 e. The van der Waals surface area contributed by atoms with Crippen molar-refractivity contribution in [1.29, 1.82) is 0 Å². The van der Waals surface area contributed by atoms with Gasteiger partial charge in [0.15, 0.2) is 23.1 Å². The lowest BCUT2D eigenvalue weighted by atomic mass is 9.77. The highest BCUT2D eigenvalue weighted by atomic mass is 19.1. The number of aromatic amines is 1. The number of methoxy groups -OCH3 is 1. The second-order valence-corrected chi connectivity index (χ2v) is 10.5. The molecule has 14 heteroatoms. The first kappa shape index (κ1) is 23.9. The quantitative estimate of drug-likeness (QED) is 0.250. The van der Waals surface area contributed by atoms with Crippen molar-refractivity contribution in [1.82, 2.24) is 50.0 Å². The molecule has 0 aliphatic heterocycles. The van der Waals surface area contributed by atoms with Crippen LogP contribution in [-0.2, 0) is 16.5 Å². The van der Waals surface area contributed by atoms with Gasteiger partial charge in [-0.3, -0.25) is 14.6 Å². The summed E-state index contributed by atoms with van der Waals surface area (Å²) in [6, 6.07) is 4.94. The summed E-state index contributed by atoms with van der Waals surface area (Å²) < 4.78 is 45.2. The van der Waals surface area contributed by atoms with E-state index in [4.69, 9.17) is 13.8 Å². The van der Waals surface area contributed by atoms with Crippen molar-refractivity contribution in [2.24, 2.45) is 6.98 Å². The Hall–Kier alpha value is -4.72. The molecular weight excluding hydrogens is 541 g/mol. The van der Waals surface area contributed by atoms with Crippen LogP contribution < -0.4 is 10.6 Å². The lowest BCUT2D eigenvalue weighted by Gasteiger charge is -2.38. The highest BCUT2D eigenvalue weighted by Gasteiger charge is 2.43. The van der Waals surface area contributed by atoms with E-state index in [0.717, 1.165) is 22.1 Å². The van der Waals surface area contributed by atoms with E-state index in [9.17, 15) is 9.18 Å². The zero-order chi connectivity index (χ0) is 31.9. The zero-order valence-corrected chi connectivity index (χ0v) is 23.3. The van der Waals surface area contributed by atoms with Gasteiger partial charge in [-0.2, -0.15) is 15.3 Å². The lowest BCUT2D eigenvalue weighted by Crippen LogP contribution is -2.50. The van der Waals surface area contributed by atoms with Crippen molar-refractivity contribution in [2.45, 2.75) is 57.1 Å². The Morgan fingerprint density at radius 3 is 2.71 bits per heavy atom. The Balaban J connectivity index is 1.19.